The molecule has 2 unspecified atom stereocenters. The number of hydrogen-bond donors (Lipinski definition) is 0. The molecule has 0 N–H and O–H groups in total. The highest BCUT2D eigenvalue weighted by atomic mass is 15.3. The minimum atomic E-state index is 0.487. The number of rotatable bonds is 4. The summed E-state index contributed by atoms with van der Waals surface area (Å²) in [7, 11) is 2.21. The van der Waals surface area contributed by atoms with Crippen molar-refractivity contribution in [2.45, 2.75) is 38.8 Å². The highest BCUT2D eigenvalue weighted by molar-refractivity contribution is 6.00. The maximum Gasteiger partial charge on any atom is 0.131 e. The third kappa shape index (κ3) is 3.13. The Kier molecular flexibility index (Phi) is 4.29. The summed E-state index contributed by atoms with van der Waals surface area (Å²) in [4.78, 5) is 10.0. The molecule has 2 aliphatic heterocycles. The summed E-state index contributed by atoms with van der Waals surface area (Å²) in [5.41, 5.74) is 1.25. The average Bonchev–Trinajstić information content (AvgIpc) is 2.83. The minimum absolute atomic E-state index is 0.487. The van der Waals surface area contributed by atoms with Gasteiger partial charge in [0.05, 0.1) is 12.1 Å². The van der Waals surface area contributed by atoms with Crippen LogP contribution in [0.2, 0.25) is 0 Å². The second-order valence-corrected chi connectivity index (χ2v) is 6.84. The fraction of sp³-hybridized carbons (Fsp3) is 0.611. The lowest BCUT2D eigenvalue weighted by Gasteiger charge is -2.37. The van der Waals surface area contributed by atoms with Gasteiger partial charge in [0.15, 0.2) is 0 Å². The second-order valence-electron chi connectivity index (χ2n) is 6.84. The number of amidine groups is 1. The van der Waals surface area contributed by atoms with Gasteiger partial charge in [0.2, 0.25) is 0 Å². The molecule has 3 nitrogen and oxygen atoms in total. The molecule has 3 heteroatoms. The lowest BCUT2D eigenvalue weighted by Crippen LogP contribution is -2.51. The van der Waals surface area contributed by atoms with E-state index in [-0.39, 0.29) is 0 Å². The summed E-state index contributed by atoms with van der Waals surface area (Å²) < 4.78 is 0. The molecule has 2 atom stereocenters. The summed E-state index contributed by atoms with van der Waals surface area (Å²) in [6.45, 7) is 8.21. The van der Waals surface area contributed by atoms with Gasteiger partial charge in [-0.15, -0.1) is 0 Å². The van der Waals surface area contributed by atoms with Gasteiger partial charge in [-0.3, -0.25) is 4.99 Å². The third-order valence-electron chi connectivity index (χ3n) is 4.80. The van der Waals surface area contributed by atoms with E-state index in [9.17, 15) is 0 Å². The lowest BCUT2D eigenvalue weighted by molar-refractivity contribution is 0.145. The second kappa shape index (κ2) is 6.18. The van der Waals surface area contributed by atoms with E-state index in [1.165, 1.54) is 37.3 Å². The van der Waals surface area contributed by atoms with Crippen LogP contribution in [-0.4, -0.2) is 54.4 Å². The predicted octanol–water partition coefficient (Wildman–Crippen LogP) is 2.87. The Labute approximate surface area is 128 Å². The zero-order chi connectivity index (χ0) is 14.8. The molecule has 0 aliphatic carbocycles. The van der Waals surface area contributed by atoms with Crippen LogP contribution in [0.15, 0.2) is 35.3 Å². The van der Waals surface area contributed by atoms with Crippen LogP contribution in [-0.2, 0) is 0 Å². The van der Waals surface area contributed by atoms with E-state index in [1.54, 1.807) is 0 Å². The van der Waals surface area contributed by atoms with E-state index >= 15 is 0 Å². The van der Waals surface area contributed by atoms with Crippen LogP contribution in [0.3, 0.4) is 0 Å². The van der Waals surface area contributed by atoms with Gasteiger partial charge in [0, 0.05) is 25.7 Å². The number of likely N-dealkylation sites (tertiary alicyclic amines) is 1. The standard InChI is InChI=1S/C18H27N3/c1-14(2)9-11-21-12-10-16-17(13-21)20(3)18(19-16)15-7-5-4-6-8-15/h4-8,14,16-17H,9-13H2,1-3H3. The topological polar surface area (TPSA) is 18.8 Å². The molecule has 0 spiro atoms. The molecule has 0 bridgehead atoms. The van der Waals surface area contributed by atoms with Crippen LogP contribution in [0.5, 0.6) is 0 Å². The van der Waals surface area contributed by atoms with Crippen LogP contribution in [0.4, 0.5) is 0 Å². The van der Waals surface area contributed by atoms with Crippen molar-refractivity contribution in [3.63, 3.8) is 0 Å². The van der Waals surface area contributed by atoms with Crippen molar-refractivity contribution in [1.29, 1.82) is 0 Å². The number of hydrogen-bond acceptors (Lipinski definition) is 3. The minimum Gasteiger partial charge on any atom is -0.353 e. The smallest absolute Gasteiger partial charge is 0.131 e. The molecule has 3 rings (SSSR count). The van der Waals surface area contributed by atoms with Crippen molar-refractivity contribution >= 4 is 5.84 Å². The fourth-order valence-electron chi connectivity index (χ4n) is 3.43. The molecule has 0 amide bonds. The van der Waals surface area contributed by atoms with E-state index in [0.717, 1.165) is 12.5 Å². The Balaban J connectivity index is 1.67. The molecule has 21 heavy (non-hydrogen) atoms. The van der Waals surface area contributed by atoms with Gasteiger partial charge in [-0.1, -0.05) is 44.2 Å². The zero-order valence-electron chi connectivity index (χ0n) is 13.5. The largest absolute Gasteiger partial charge is 0.353 e. The van der Waals surface area contributed by atoms with Gasteiger partial charge < -0.3 is 9.80 Å². The first-order chi connectivity index (χ1) is 10.1. The molecule has 1 aromatic carbocycles. The number of benzene rings is 1. The van der Waals surface area contributed by atoms with Crippen LogP contribution in [0, 0.1) is 5.92 Å². The number of aliphatic imine (C=N–C) groups is 1. The lowest BCUT2D eigenvalue weighted by atomic mass is 9.99. The summed E-state index contributed by atoms with van der Waals surface area (Å²) >= 11 is 0. The summed E-state index contributed by atoms with van der Waals surface area (Å²) in [5.74, 6) is 1.97. The average molecular weight is 285 g/mol. The molecular weight excluding hydrogens is 258 g/mol. The van der Waals surface area contributed by atoms with Crippen LogP contribution in [0.25, 0.3) is 0 Å². The van der Waals surface area contributed by atoms with E-state index in [4.69, 9.17) is 4.99 Å². The molecule has 2 heterocycles. The van der Waals surface area contributed by atoms with Crippen molar-refractivity contribution in [2.75, 3.05) is 26.7 Å². The van der Waals surface area contributed by atoms with E-state index in [1.807, 2.05) is 0 Å². The monoisotopic (exact) mass is 285 g/mol. The van der Waals surface area contributed by atoms with Crippen LogP contribution < -0.4 is 0 Å². The van der Waals surface area contributed by atoms with Crippen molar-refractivity contribution in [3.8, 4) is 0 Å². The molecule has 114 valence electrons. The number of piperidine rings is 1. The van der Waals surface area contributed by atoms with Crippen molar-refractivity contribution in [2.24, 2.45) is 10.9 Å². The Morgan fingerprint density at radius 3 is 2.71 bits per heavy atom. The van der Waals surface area contributed by atoms with E-state index in [0.29, 0.717) is 12.1 Å². The van der Waals surface area contributed by atoms with E-state index in [2.05, 4.69) is 61.0 Å². The van der Waals surface area contributed by atoms with Crippen molar-refractivity contribution < 1.29 is 0 Å². The Hall–Kier alpha value is -1.35. The van der Waals surface area contributed by atoms with Gasteiger partial charge in [0.25, 0.3) is 0 Å². The maximum atomic E-state index is 5.01. The highest BCUT2D eigenvalue weighted by Gasteiger charge is 2.38. The summed E-state index contributed by atoms with van der Waals surface area (Å²) in [6.07, 6.45) is 2.50. The zero-order valence-corrected chi connectivity index (χ0v) is 13.5. The molecule has 0 radical (unpaired) electrons. The molecule has 1 saturated heterocycles. The fourth-order valence-corrected chi connectivity index (χ4v) is 3.43. The Morgan fingerprint density at radius 2 is 2.00 bits per heavy atom. The van der Waals surface area contributed by atoms with Crippen molar-refractivity contribution in [1.82, 2.24) is 9.80 Å². The van der Waals surface area contributed by atoms with Gasteiger partial charge in [-0.2, -0.15) is 0 Å². The van der Waals surface area contributed by atoms with Crippen molar-refractivity contribution in [3.05, 3.63) is 35.9 Å². The van der Waals surface area contributed by atoms with Gasteiger partial charge in [-0.25, -0.2) is 0 Å². The number of likely N-dealkylation sites (N-methyl/N-ethyl adjacent to an activating group) is 1. The number of fused-ring (bicyclic) bond motifs is 1. The molecule has 0 aromatic heterocycles. The van der Waals surface area contributed by atoms with Crippen LogP contribution in [0.1, 0.15) is 32.3 Å². The van der Waals surface area contributed by atoms with Gasteiger partial charge in [0.1, 0.15) is 5.84 Å². The summed E-state index contributed by atoms with van der Waals surface area (Å²) in [5, 5.41) is 0. The van der Waals surface area contributed by atoms with E-state index < -0.39 is 0 Å². The highest BCUT2D eigenvalue weighted by Crippen LogP contribution is 2.27. The maximum absolute atomic E-state index is 5.01. The predicted molar refractivity (Wildman–Crippen MR) is 88.8 cm³/mol. The molecule has 0 saturated carbocycles. The first-order valence-electron chi connectivity index (χ1n) is 8.23. The molecular formula is C18H27N3. The van der Waals surface area contributed by atoms with Gasteiger partial charge in [-0.05, 0) is 25.3 Å². The first-order valence-corrected chi connectivity index (χ1v) is 8.23. The summed E-state index contributed by atoms with van der Waals surface area (Å²) in [6, 6.07) is 11.7. The number of nitrogens with zero attached hydrogens (tertiary/aromatic N) is 3. The normalized spacial score (nSPS) is 26.1. The molecule has 1 aromatic rings. The Morgan fingerprint density at radius 1 is 1.24 bits per heavy atom. The molecule has 1 fully saturated rings. The Bertz CT molecular complexity index is 494. The SMILES string of the molecule is CC(C)CCN1CCC2N=C(c3ccccc3)N(C)C2C1. The third-order valence-corrected chi connectivity index (χ3v) is 4.80. The first kappa shape index (κ1) is 14.6. The quantitative estimate of drug-likeness (QED) is 0.847. The van der Waals surface area contributed by atoms with Gasteiger partial charge >= 0.3 is 0 Å². The van der Waals surface area contributed by atoms with Crippen LogP contribution >= 0.6 is 0 Å². The molecule has 2 aliphatic rings.